The number of hydrogen-bond donors (Lipinski definition) is 6. The van der Waals surface area contributed by atoms with Crippen LogP contribution in [0.1, 0.15) is 17.0 Å². The van der Waals surface area contributed by atoms with Crippen LogP contribution in [0.4, 0.5) is 5.69 Å². The number of nitrogens with one attached hydrogen (secondary N) is 2. The van der Waals surface area contributed by atoms with Gasteiger partial charge in [-0.2, -0.15) is 0 Å². The van der Waals surface area contributed by atoms with Crippen LogP contribution in [0.3, 0.4) is 0 Å². The summed E-state index contributed by atoms with van der Waals surface area (Å²) in [5.74, 6) is 0. The van der Waals surface area contributed by atoms with Crippen molar-refractivity contribution < 1.29 is 20.4 Å². The van der Waals surface area contributed by atoms with Crippen molar-refractivity contribution >= 4 is 5.69 Å². The normalized spacial score (nSPS) is 23.9. The SMILES string of the molecule is Cc1cc(NCc2cnc(CN3C[C@H](O)[C@@H](O)[C@H](O)[C@H]3CO)cn2)cc(-c2ccc[nH]2)c1. The molecule has 0 unspecified atom stereocenters. The van der Waals surface area contributed by atoms with Crippen molar-refractivity contribution in [1.29, 1.82) is 0 Å². The van der Waals surface area contributed by atoms with Gasteiger partial charge in [0.15, 0.2) is 0 Å². The van der Waals surface area contributed by atoms with Crippen molar-refractivity contribution in [2.45, 2.75) is 44.4 Å². The third-order valence-electron chi connectivity index (χ3n) is 5.80. The van der Waals surface area contributed by atoms with Crippen LogP contribution < -0.4 is 5.32 Å². The van der Waals surface area contributed by atoms with Crippen molar-refractivity contribution in [1.82, 2.24) is 19.9 Å². The summed E-state index contributed by atoms with van der Waals surface area (Å²) in [4.78, 5) is 13.8. The monoisotopic (exact) mass is 439 g/mol. The standard InChI is InChI=1S/C23H29N5O4/c1-14-5-15(19-3-2-4-24-19)7-16(6-14)25-8-17-9-27-18(10-26-17)11-28-12-21(30)23(32)22(31)20(28)13-29/h2-7,9-10,20-25,29-32H,8,11-13H2,1H3/t20-,21+,22-,23-/m1/s1. The largest absolute Gasteiger partial charge is 0.395 e. The number of aliphatic hydroxyl groups is 4. The lowest BCUT2D eigenvalue weighted by atomic mass is 9.94. The summed E-state index contributed by atoms with van der Waals surface area (Å²) in [6.45, 7) is 2.66. The highest BCUT2D eigenvalue weighted by atomic mass is 16.4. The molecule has 9 nitrogen and oxygen atoms in total. The Balaban J connectivity index is 1.38. The van der Waals surface area contributed by atoms with Crippen LogP contribution >= 0.6 is 0 Å². The van der Waals surface area contributed by atoms with E-state index in [4.69, 9.17) is 0 Å². The molecule has 3 heterocycles. The zero-order valence-corrected chi connectivity index (χ0v) is 17.9. The van der Waals surface area contributed by atoms with E-state index in [0.29, 0.717) is 18.8 Å². The van der Waals surface area contributed by atoms with E-state index in [1.807, 2.05) is 18.3 Å². The molecule has 9 heteroatoms. The van der Waals surface area contributed by atoms with E-state index in [2.05, 4.69) is 45.4 Å². The number of aromatic amines is 1. The highest BCUT2D eigenvalue weighted by Crippen LogP contribution is 2.24. The Hall–Kier alpha value is -2.82. The van der Waals surface area contributed by atoms with Crippen LogP contribution in [-0.4, -0.2) is 77.8 Å². The van der Waals surface area contributed by atoms with Gasteiger partial charge in [-0.3, -0.25) is 14.9 Å². The minimum atomic E-state index is -1.28. The minimum absolute atomic E-state index is 0.130. The second kappa shape index (κ2) is 9.76. The minimum Gasteiger partial charge on any atom is -0.395 e. The number of aromatic nitrogens is 3. The van der Waals surface area contributed by atoms with Crippen molar-refractivity contribution in [3.8, 4) is 11.3 Å². The molecule has 4 rings (SSSR count). The first-order valence-corrected chi connectivity index (χ1v) is 10.6. The van der Waals surface area contributed by atoms with Crippen molar-refractivity contribution in [3.05, 3.63) is 65.9 Å². The third kappa shape index (κ3) is 4.98. The number of likely N-dealkylation sites (tertiary alicyclic amines) is 1. The summed E-state index contributed by atoms with van der Waals surface area (Å²) in [6, 6.07) is 9.61. The maximum atomic E-state index is 10.1. The average molecular weight is 440 g/mol. The Kier molecular flexibility index (Phi) is 6.83. The van der Waals surface area contributed by atoms with Gasteiger partial charge < -0.3 is 30.7 Å². The fraction of sp³-hybridized carbons (Fsp3) is 0.391. The number of β-amino-alcohol motifs (C(OH)–C–C–N with tert-alkyl or cyclic N) is 1. The number of hydrogen-bond acceptors (Lipinski definition) is 8. The molecular weight excluding hydrogens is 410 g/mol. The lowest BCUT2D eigenvalue weighted by Gasteiger charge is -2.42. The molecule has 1 aromatic carbocycles. The molecule has 32 heavy (non-hydrogen) atoms. The molecule has 0 amide bonds. The molecule has 1 fully saturated rings. The van der Waals surface area contributed by atoms with Gasteiger partial charge in [-0.1, -0.05) is 0 Å². The van der Waals surface area contributed by atoms with E-state index in [1.165, 1.54) is 0 Å². The zero-order chi connectivity index (χ0) is 22.7. The molecule has 3 aromatic rings. The van der Waals surface area contributed by atoms with E-state index < -0.39 is 24.4 Å². The Morgan fingerprint density at radius 2 is 1.88 bits per heavy atom. The molecule has 1 saturated heterocycles. The maximum absolute atomic E-state index is 10.1. The molecule has 6 N–H and O–H groups in total. The molecule has 0 spiro atoms. The lowest BCUT2D eigenvalue weighted by Crippen LogP contribution is -2.62. The molecule has 2 aromatic heterocycles. The summed E-state index contributed by atoms with van der Waals surface area (Å²) < 4.78 is 0. The molecule has 170 valence electrons. The number of nitrogens with zero attached hydrogens (tertiary/aromatic N) is 3. The number of aliphatic hydroxyl groups excluding tert-OH is 4. The second-order valence-electron chi connectivity index (χ2n) is 8.25. The van der Waals surface area contributed by atoms with E-state index in [-0.39, 0.29) is 13.2 Å². The average Bonchev–Trinajstić information content (AvgIpc) is 3.32. The fourth-order valence-electron chi connectivity index (χ4n) is 4.07. The Bertz CT molecular complexity index is 1010. The predicted molar refractivity (Wildman–Crippen MR) is 120 cm³/mol. The summed E-state index contributed by atoms with van der Waals surface area (Å²) in [5, 5.41) is 42.9. The van der Waals surface area contributed by atoms with Gasteiger partial charge in [-0.05, 0) is 42.8 Å². The Labute approximate surface area is 186 Å². The van der Waals surface area contributed by atoms with Crippen LogP contribution in [-0.2, 0) is 13.1 Å². The molecule has 1 aliphatic heterocycles. The first-order chi connectivity index (χ1) is 15.4. The van der Waals surface area contributed by atoms with Crippen LogP contribution in [0.25, 0.3) is 11.3 Å². The molecule has 0 bridgehead atoms. The number of H-pyrrole nitrogens is 1. The maximum Gasteiger partial charge on any atom is 0.109 e. The van der Waals surface area contributed by atoms with Gasteiger partial charge in [0.05, 0.1) is 49.1 Å². The fourth-order valence-corrected chi connectivity index (χ4v) is 4.07. The van der Waals surface area contributed by atoms with E-state index >= 15 is 0 Å². The van der Waals surface area contributed by atoms with Gasteiger partial charge in [0.25, 0.3) is 0 Å². The summed E-state index contributed by atoms with van der Waals surface area (Å²) in [5.41, 5.74) is 5.71. The Morgan fingerprint density at radius 3 is 2.56 bits per heavy atom. The predicted octanol–water partition coefficient (Wildman–Crippen LogP) is 0.651. The van der Waals surface area contributed by atoms with Crippen LogP contribution in [0, 0.1) is 6.92 Å². The molecular formula is C23H29N5O4. The van der Waals surface area contributed by atoms with Gasteiger partial charge >= 0.3 is 0 Å². The van der Waals surface area contributed by atoms with Crippen LogP contribution in [0.15, 0.2) is 48.9 Å². The second-order valence-corrected chi connectivity index (χ2v) is 8.25. The highest BCUT2D eigenvalue weighted by Gasteiger charge is 2.41. The van der Waals surface area contributed by atoms with E-state index in [1.54, 1.807) is 17.3 Å². The topological polar surface area (TPSA) is 138 Å². The third-order valence-corrected chi connectivity index (χ3v) is 5.80. The zero-order valence-electron chi connectivity index (χ0n) is 17.9. The van der Waals surface area contributed by atoms with Gasteiger partial charge in [0.1, 0.15) is 12.2 Å². The van der Waals surface area contributed by atoms with Crippen LogP contribution in [0.5, 0.6) is 0 Å². The van der Waals surface area contributed by atoms with E-state index in [0.717, 1.165) is 28.2 Å². The lowest BCUT2D eigenvalue weighted by molar-refractivity contribution is -0.147. The van der Waals surface area contributed by atoms with E-state index in [9.17, 15) is 20.4 Å². The summed E-state index contributed by atoms with van der Waals surface area (Å²) in [7, 11) is 0. The smallest absolute Gasteiger partial charge is 0.109 e. The number of rotatable bonds is 7. The molecule has 4 atom stereocenters. The van der Waals surface area contributed by atoms with Gasteiger partial charge in [0, 0.05) is 36.2 Å². The Morgan fingerprint density at radius 1 is 1.09 bits per heavy atom. The molecule has 0 saturated carbocycles. The molecule has 0 radical (unpaired) electrons. The van der Waals surface area contributed by atoms with Crippen molar-refractivity contribution in [3.63, 3.8) is 0 Å². The number of benzene rings is 1. The van der Waals surface area contributed by atoms with Gasteiger partial charge in [0.2, 0.25) is 0 Å². The molecule has 0 aliphatic carbocycles. The number of aryl methyl sites for hydroxylation is 1. The van der Waals surface area contributed by atoms with Gasteiger partial charge in [-0.25, -0.2) is 0 Å². The summed E-state index contributed by atoms with van der Waals surface area (Å²) >= 11 is 0. The first kappa shape index (κ1) is 22.4. The highest BCUT2D eigenvalue weighted by molar-refractivity contribution is 5.66. The van der Waals surface area contributed by atoms with Crippen molar-refractivity contribution in [2.24, 2.45) is 0 Å². The number of piperidine rings is 1. The van der Waals surface area contributed by atoms with Crippen LogP contribution in [0.2, 0.25) is 0 Å². The summed E-state index contributed by atoms with van der Waals surface area (Å²) in [6.07, 6.45) is 1.64. The van der Waals surface area contributed by atoms with Crippen molar-refractivity contribution in [2.75, 3.05) is 18.5 Å². The quantitative estimate of drug-likeness (QED) is 0.316. The van der Waals surface area contributed by atoms with Gasteiger partial charge in [-0.15, -0.1) is 0 Å². The first-order valence-electron chi connectivity index (χ1n) is 10.6. The molecule has 1 aliphatic rings. The number of anilines is 1.